The highest BCUT2D eigenvalue weighted by Gasteiger charge is 2.07. The van der Waals surface area contributed by atoms with Gasteiger partial charge in [-0.05, 0) is 17.7 Å². The molecule has 0 fully saturated rings. The molecule has 78 valence electrons. The lowest BCUT2D eigenvalue weighted by molar-refractivity contribution is -0.107. The van der Waals surface area contributed by atoms with Gasteiger partial charge in [-0.2, -0.15) is 0 Å². The Balaban J connectivity index is 2.47. The lowest BCUT2D eigenvalue weighted by atomic mass is 10.1. The molecule has 0 amide bonds. The molecule has 0 unspecified atom stereocenters. The molecule has 0 aliphatic rings. The van der Waals surface area contributed by atoms with Crippen LogP contribution >= 0.6 is 11.3 Å². The molecule has 0 saturated heterocycles. The zero-order valence-electron chi connectivity index (χ0n) is 8.86. The number of benzene rings is 1. The second-order valence-corrected chi connectivity index (χ2v) is 4.94. The van der Waals surface area contributed by atoms with Gasteiger partial charge in [-0.15, -0.1) is 11.3 Å². The Labute approximate surface area is 93.0 Å². The first-order valence-corrected chi connectivity index (χ1v) is 5.85. The highest BCUT2D eigenvalue weighted by atomic mass is 32.1. The number of aldehydes is 1. The molecule has 0 bridgehead atoms. The molecule has 3 heteroatoms. The topological polar surface area (TPSA) is 30.0 Å². The van der Waals surface area contributed by atoms with Crippen molar-refractivity contribution in [2.45, 2.75) is 26.2 Å². The van der Waals surface area contributed by atoms with Crippen LogP contribution in [0.3, 0.4) is 0 Å². The maximum Gasteiger partial charge on any atom is 0.124 e. The van der Waals surface area contributed by atoms with Crippen molar-refractivity contribution in [2.75, 3.05) is 0 Å². The normalized spacial score (nSPS) is 11.1. The standard InChI is InChI=1S/C12H13NOS/c1-8(2)12-13-10-7-9(5-6-14)3-4-11(10)15-12/h3-4,6-8H,5H2,1-2H3. The minimum Gasteiger partial charge on any atom is -0.303 e. The van der Waals surface area contributed by atoms with Crippen molar-refractivity contribution in [2.24, 2.45) is 0 Å². The molecular weight excluding hydrogens is 206 g/mol. The van der Waals surface area contributed by atoms with E-state index in [4.69, 9.17) is 0 Å². The smallest absolute Gasteiger partial charge is 0.124 e. The molecule has 2 rings (SSSR count). The number of fused-ring (bicyclic) bond motifs is 1. The van der Waals surface area contributed by atoms with E-state index in [0.717, 1.165) is 22.4 Å². The van der Waals surface area contributed by atoms with Crippen molar-refractivity contribution < 1.29 is 4.79 Å². The summed E-state index contributed by atoms with van der Waals surface area (Å²) in [5.41, 5.74) is 2.06. The van der Waals surface area contributed by atoms with E-state index >= 15 is 0 Å². The van der Waals surface area contributed by atoms with E-state index in [2.05, 4.69) is 24.9 Å². The summed E-state index contributed by atoms with van der Waals surface area (Å²) in [5.74, 6) is 0.469. The van der Waals surface area contributed by atoms with Gasteiger partial charge in [0.2, 0.25) is 0 Å². The Bertz CT molecular complexity index is 487. The predicted molar refractivity (Wildman–Crippen MR) is 63.5 cm³/mol. The number of rotatable bonds is 3. The minimum absolute atomic E-state index is 0.469. The lowest BCUT2D eigenvalue weighted by Crippen LogP contribution is -1.85. The molecule has 0 aliphatic heterocycles. The van der Waals surface area contributed by atoms with Gasteiger partial charge in [0.15, 0.2) is 0 Å². The summed E-state index contributed by atoms with van der Waals surface area (Å²) in [6.07, 6.45) is 1.40. The van der Waals surface area contributed by atoms with Crippen LogP contribution in [0.4, 0.5) is 0 Å². The number of hydrogen-bond acceptors (Lipinski definition) is 3. The molecule has 1 heterocycles. The summed E-state index contributed by atoms with van der Waals surface area (Å²) in [6, 6.07) is 6.06. The number of nitrogens with zero attached hydrogens (tertiary/aromatic N) is 1. The van der Waals surface area contributed by atoms with Crippen LogP contribution in [-0.4, -0.2) is 11.3 Å². The van der Waals surface area contributed by atoms with Crippen molar-refractivity contribution in [3.63, 3.8) is 0 Å². The highest BCUT2D eigenvalue weighted by Crippen LogP contribution is 2.27. The van der Waals surface area contributed by atoms with Gasteiger partial charge in [0.05, 0.1) is 15.2 Å². The summed E-state index contributed by atoms with van der Waals surface area (Å²) < 4.78 is 1.20. The first-order valence-electron chi connectivity index (χ1n) is 5.03. The first kappa shape index (κ1) is 10.3. The number of carbonyl (C=O) groups excluding carboxylic acids is 1. The van der Waals surface area contributed by atoms with Gasteiger partial charge >= 0.3 is 0 Å². The van der Waals surface area contributed by atoms with Gasteiger partial charge in [-0.3, -0.25) is 0 Å². The second kappa shape index (κ2) is 4.11. The molecule has 15 heavy (non-hydrogen) atoms. The Morgan fingerprint density at radius 1 is 1.47 bits per heavy atom. The van der Waals surface area contributed by atoms with Gasteiger partial charge in [-0.25, -0.2) is 4.98 Å². The fourth-order valence-corrected chi connectivity index (χ4v) is 2.41. The van der Waals surface area contributed by atoms with Crippen molar-refractivity contribution in [3.05, 3.63) is 28.8 Å². The van der Waals surface area contributed by atoms with E-state index in [0.29, 0.717) is 12.3 Å². The fourth-order valence-electron chi connectivity index (χ4n) is 1.46. The summed E-state index contributed by atoms with van der Waals surface area (Å²) in [6.45, 7) is 4.29. The van der Waals surface area contributed by atoms with Crippen LogP contribution in [-0.2, 0) is 11.2 Å². The van der Waals surface area contributed by atoms with E-state index in [1.165, 1.54) is 4.70 Å². The van der Waals surface area contributed by atoms with Gasteiger partial charge in [0, 0.05) is 12.3 Å². The molecular formula is C12H13NOS. The Morgan fingerprint density at radius 3 is 2.93 bits per heavy atom. The maximum absolute atomic E-state index is 10.4. The van der Waals surface area contributed by atoms with Crippen molar-refractivity contribution >= 4 is 27.8 Å². The third-order valence-corrected chi connectivity index (χ3v) is 3.62. The zero-order chi connectivity index (χ0) is 10.8. The molecule has 0 aliphatic carbocycles. The van der Waals surface area contributed by atoms with Crippen LogP contribution in [0.25, 0.3) is 10.2 Å². The Hall–Kier alpha value is -1.22. The van der Waals surface area contributed by atoms with Crippen LogP contribution in [0.1, 0.15) is 30.3 Å². The van der Waals surface area contributed by atoms with Crippen molar-refractivity contribution in [1.82, 2.24) is 4.98 Å². The van der Waals surface area contributed by atoms with Crippen LogP contribution in [0.15, 0.2) is 18.2 Å². The third-order valence-electron chi connectivity index (χ3n) is 2.28. The van der Waals surface area contributed by atoms with Crippen LogP contribution in [0.5, 0.6) is 0 Å². The molecule has 1 aromatic heterocycles. The molecule has 0 N–H and O–H groups in total. The highest BCUT2D eigenvalue weighted by molar-refractivity contribution is 7.18. The quantitative estimate of drug-likeness (QED) is 0.742. The maximum atomic E-state index is 10.4. The van der Waals surface area contributed by atoms with Gasteiger partial charge in [-0.1, -0.05) is 19.9 Å². The van der Waals surface area contributed by atoms with E-state index in [9.17, 15) is 4.79 Å². The van der Waals surface area contributed by atoms with Gasteiger partial charge in [0.25, 0.3) is 0 Å². The number of carbonyl (C=O) groups is 1. The first-order chi connectivity index (χ1) is 7.20. The van der Waals surface area contributed by atoms with Gasteiger partial charge < -0.3 is 4.79 Å². The van der Waals surface area contributed by atoms with E-state index < -0.39 is 0 Å². The largest absolute Gasteiger partial charge is 0.303 e. The van der Waals surface area contributed by atoms with E-state index in [1.54, 1.807) is 11.3 Å². The summed E-state index contributed by atoms with van der Waals surface area (Å²) >= 11 is 1.73. The molecule has 0 spiro atoms. The van der Waals surface area contributed by atoms with Crippen LogP contribution in [0, 0.1) is 0 Å². The number of aromatic nitrogens is 1. The number of thiazole rings is 1. The Morgan fingerprint density at radius 2 is 2.27 bits per heavy atom. The van der Waals surface area contributed by atoms with Crippen molar-refractivity contribution in [3.8, 4) is 0 Å². The SMILES string of the molecule is CC(C)c1nc2cc(CC=O)ccc2s1. The van der Waals surface area contributed by atoms with Crippen molar-refractivity contribution in [1.29, 1.82) is 0 Å². The fraction of sp³-hybridized carbons (Fsp3) is 0.333. The lowest BCUT2D eigenvalue weighted by Gasteiger charge is -1.94. The molecule has 2 nitrogen and oxygen atoms in total. The zero-order valence-corrected chi connectivity index (χ0v) is 9.67. The summed E-state index contributed by atoms with van der Waals surface area (Å²) in [5, 5.41) is 1.16. The average molecular weight is 219 g/mol. The van der Waals surface area contributed by atoms with E-state index in [-0.39, 0.29) is 0 Å². The van der Waals surface area contributed by atoms with Crippen LogP contribution < -0.4 is 0 Å². The predicted octanol–water partition coefficient (Wildman–Crippen LogP) is 3.16. The summed E-state index contributed by atoms with van der Waals surface area (Å²) in [4.78, 5) is 15.0. The minimum atomic E-state index is 0.469. The third kappa shape index (κ3) is 2.07. The second-order valence-electron chi connectivity index (χ2n) is 3.88. The molecule has 0 radical (unpaired) electrons. The Kier molecular flexibility index (Phi) is 2.82. The molecule has 1 aromatic carbocycles. The van der Waals surface area contributed by atoms with Crippen LogP contribution in [0.2, 0.25) is 0 Å². The summed E-state index contributed by atoms with van der Waals surface area (Å²) in [7, 11) is 0. The molecule has 0 atom stereocenters. The monoisotopic (exact) mass is 219 g/mol. The number of hydrogen-bond donors (Lipinski definition) is 0. The van der Waals surface area contributed by atoms with Gasteiger partial charge in [0.1, 0.15) is 6.29 Å². The van der Waals surface area contributed by atoms with E-state index in [1.807, 2.05) is 12.1 Å². The molecule has 0 saturated carbocycles. The average Bonchev–Trinajstić information content (AvgIpc) is 2.61. The molecule has 2 aromatic rings.